The number of fused-ring (bicyclic) bond motifs is 1. The van der Waals surface area contributed by atoms with Gasteiger partial charge in [-0.3, -0.25) is 9.59 Å². The molecule has 7 nitrogen and oxygen atoms in total. The lowest BCUT2D eigenvalue weighted by molar-refractivity contribution is -0.111. The molecule has 0 aliphatic carbocycles. The summed E-state index contributed by atoms with van der Waals surface area (Å²) in [4.78, 5) is 41.3. The van der Waals surface area contributed by atoms with Gasteiger partial charge in [0.2, 0.25) is 5.91 Å². The largest absolute Gasteiger partial charge is 0.478 e. The van der Waals surface area contributed by atoms with Crippen molar-refractivity contribution in [3.05, 3.63) is 83.4 Å². The van der Waals surface area contributed by atoms with Crippen LogP contribution in [0.15, 0.2) is 66.7 Å². The van der Waals surface area contributed by atoms with Gasteiger partial charge >= 0.3 is 5.97 Å². The van der Waals surface area contributed by atoms with Crippen LogP contribution in [-0.4, -0.2) is 65.9 Å². The Kier molecular flexibility index (Phi) is 6.75. The van der Waals surface area contributed by atoms with Gasteiger partial charge in [0.1, 0.15) is 0 Å². The summed E-state index contributed by atoms with van der Waals surface area (Å²) in [6.07, 6.45) is 1.44. The van der Waals surface area contributed by atoms with Gasteiger partial charge in [-0.25, -0.2) is 4.79 Å². The van der Waals surface area contributed by atoms with Crippen molar-refractivity contribution in [2.45, 2.75) is 6.92 Å². The van der Waals surface area contributed by atoms with Gasteiger partial charge in [-0.2, -0.15) is 0 Å². The van der Waals surface area contributed by atoms with Crippen LogP contribution in [0.1, 0.15) is 33.2 Å². The number of rotatable bonds is 5. The lowest BCUT2D eigenvalue weighted by Crippen LogP contribution is -2.47. The first kappa shape index (κ1) is 23.2. The summed E-state index contributed by atoms with van der Waals surface area (Å²) in [7, 11) is 2.00. The predicted octanol–water partition coefficient (Wildman–Crippen LogP) is 3.97. The molecule has 3 aromatic rings. The van der Waals surface area contributed by atoms with Crippen LogP contribution in [0.2, 0.25) is 0 Å². The number of aromatic carboxylic acids is 1. The van der Waals surface area contributed by atoms with Crippen molar-refractivity contribution in [1.29, 1.82) is 0 Å². The van der Waals surface area contributed by atoms with E-state index in [0.29, 0.717) is 18.7 Å². The summed E-state index contributed by atoms with van der Waals surface area (Å²) in [5.41, 5.74) is 2.01. The van der Waals surface area contributed by atoms with E-state index >= 15 is 0 Å². The molecule has 7 heteroatoms. The Hall–Kier alpha value is -3.97. The van der Waals surface area contributed by atoms with Crippen LogP contribution in [-0.2, 0) is 4.79 Å². The molecule has 0 unspecified atom stereocenters. The number of carboxylic acid groups (broad SMARTS) is 1. The highest BCUT2D eigenvalue weighted by molar-refractivity contribution is 6.08. The Balaban J connectivity index is 1.56. The molecular weight excluding hydrogens is 430 g/mol. The minimum atomic E-state index is -1.18. The molecule has 1 aliphatic rings. The van der Waals surface area contributed by atoms with Gasteiger partial charge in [0.05, 0.1) is 11.3 Å². The lowest BCUT2D eigenvalue weighted by Gasteiger charge is -2.32. The smallest absolute Gasteiger partial charge is 0.337 e. The van der Waals surface area contributed by atoms with Gasteiger partial charge in [-0.05, 0) is 60.1 Å². The summed E-state index contributed by atoms with van der Waals surface area (Å²) >= 11 is 0. The zero-order valence-electron chi connectivity index (χ0n) is 19.2. The van der Waals surface area contributed by atoms with Crippen LogP contribution >= 0.6 is 0 Å². The third-order valence-electron chi connectivity index (χ3n) is 6.10. The number of piperazine rings is 1. The second-order valence-corrected chi connectivity index (χ2v) is 8.54. The zero-order valence-corrected chi connectivity index (χ0v) is 19.2. The number of benzene rings is 3. The number of amides is 2. The van der Waals surface area contributed by atoms with E-state index in [1.54, 1.807) is 4.90 Å². The maximum Gasteiger partial charge on any atom is 0.337 e. The van der Waals surface area contributed by atoms with Crippen LogP contribution < -0.4 is 5.32 Å². The van der Waals surface area contributed by atoms with Crippen molar-refractivity contribution in [2.24, 2.45) is 0 Å². The van der Waals surface area contributed by atoms with E-state index in [2.05, 4.69) is 10.2 Å². The van der Waals surface area contributed by atoms with Gasteiger partial charge in [0, 0.05) is 37.8 Å². The molecular formula is C27H27N3O4. The highest BCUT2D eigenvalue weighted by Gasteiger charge is 2.22. The summed E-state index contributed by atoms with van der Waals surface area (Å²) in [6, 6.07) is 18.2. The van der Waals surface area contributed by atoms with E-state index in [0.717, 1.165) is 35.0 Å². The first-order valence-corrected chi connectivity index (χ1v) is 11.2. The number of carbonyl (C=O) groups excluding carboxylic acids is 2. The van der Waals surface area contributed by atoms with Crippen molar-refractivity contribution in [1.82, 2.24) is 9.80 Å². The summed E-state index contributed by atoms with van der Waals surface area (Å²) in [6.45, 7) is 4.59. The maximum atomic E-state index is 12.9. The van der Waals surface area contributed by atoms with Crippen molar-refractivity contribution in [3.63, 3.8) is 0 Å². The van der Waals surface area contributed by atoms with Gasteiger partial charge in [-0.1, -0.05) is 36.4 Å². The van der Waals surface area contributed by atoms with Crippen LogP contribution in [0.5, 0.6) is 0 Å². The molecule has 0 saturated carbocycles. The zero-order chi connectivity index (χ0) is 24.2. The number of nitrogens with zero attached hydrogens (tertiary/aromatic N) is 2. The summed E-state index contributed by atoms with van der Waals surface area (Å²) in [5, 5.41) is 14.4. The van der Waals surface area contributed by atoms with Crippen molar-refractivity contribution >= 4 is 39.8 Å². The molecule has 4 rings (SSSR count). The molecule has 0 radical (unpaired) electrons. The number of allylic oxidation sites excluding steroid dienone is 1. The Labute approximate surface area is 198 Å². The molecule has 2 N–H and O–H groups in total. The summed E-state index contributed by atoms with van der Waals surface area (Å²) < 4.78 is 0. The molecule has 0 atom stereocenters. The number of likely N-dealkylation sites (N-methyl/N-ethyl adjacent to an activating group) is 1. The third-order valence-corrected chi connectivity index (χ3v) is 6.10. The Morgan fingerprint density at radius 3 is 2.26 bits per heavy atom. The van der Waals surface area contributed by atoms with E-state index in [1.807, 2.05) is 56.4 Å². The molecule has 0 bridgehead atoms. The number of hydrogen-bond acceptors (Lipinski definition) is 4. The number of nitrogens with one attached hydrogen (secondary N) is 1. The topological polar surface area (TPSA) is 90.0 Å². The highest BCUT2D eigenvalue weighted by atomic mass is 16.4. The summed E-state index contributed by atoms with van der Waals surface area (Å²) in [5.74, 6) is -1.81. The Bertz CT molecular complexity index is 1290. The van der Waals surface area contributed by atoms with Crippen molar-refractivity contribution in [2.75, 3.05) is 38.5 Å². The number of anilines is 1. The molecule has 0 spiro atoms. The molecule has 34 heavy (non-hydrogen) atoms. The van der Waals surface area contributed by atoms with Gasteiger partial charge in [0.15, 0.2) is 0 Å². The highest BCUT2D eigenvalue weighted by Crippen LogP contribution is 2.23. The van der Waals surface area contributed by atoms with E-state index in [-0.39, 0.29) is 17.2 Å². The first-order valence-electron chi connectivity index (χ1n) is 11.2. The molecule has 1 heterocycles. The van der Waals surface area contributed by atoms with Crippen LogP contribution in [0.25, 0.3) is 16.3 Å². The average Bonchev–Trinajstić information content (AvgIpc) is 2.83. The SMILES string of the molecule is C/C(=C/C(=O)Nc1cc(C(=O)N2CCN(C)CC2)ccc1C(=O)O)c1ccc2ccccc2c1. The van der Waals surface area contributed by atoms with Gasteiger partial charge in [0.25, 0.3) is 5.91 Å². The third kappa shape index (κ3) is 5.15. The Morgan fingerprint density at radius 2 is 1.56 bits per heavy atom. The molecule has 1 saturated heterocycles. The molecule has 1 fully saturated rings. The normalized spacial score (nSPS) is 14.8. The number of carboxylic acids is 1. The van der Waals surface area contributed by atoms with Crippen LogP contribution in [0.4, 0.5) is 5.69 Å². The monoisotopic (exact) mass is 457 g/mol. The fourth-order valence-corrected chi connectivity index (χ4v) is 4.04. The second-order valence-electron chi connectivity index (χ2n) is 8.54. The molecule has 0 aromatic heterocycles. The molecule has 2 amide bonds. The quantitative estimate of drug-likeness (QED) is 0.566. The fraction of sp³-hybridized carbons (Fsp3) is 0.222. The Morgan fingerprint density at radius 1 is 0.882 bits per heavy atom. The van der Waals surface area contributed by atoms with Gasteiger partial charge < -0.3 is 20.2 Å². The second kappa shape index (κ2) is 9.89. The van der Waals surface area contributed by atoms with Gasteiger partial charge in [-0.15, -0.1) is 0 Å². The minimum absolute atomic E-state index is 0.0694. The van der Waals surface area contributed by atoms with Crippen molar-refractivity contribution in [3.8, 4) is 0 Å². The lowest BCUT2D eigenvalue weighted by atomic mass is 10.0. The fourth-order valence-electron chi connectivity index (χ4n) is 4.04. The predicted molar refractivity (Wildman–Crippen MR) is 133 cm³/mol. The molecule has 3 aromatic carbocycles. The van der Waals surface area contributed by atoms with Crippen LogP contribution in [0.3, 0.4) is 0 Å². The van der Waals surface area contributed by atoms with Crippen molar-refractivity contribution < 1.29 is 19.5 Å². The number of carbonyl (C=O) groups is 3. The van der Waals surface area contributed by atoms with E-state index in [1.165, 1.54) is 24.3 Å². The minimum Gasteiger partial charge on any atom is -0.478 e. The van der Waals surface area contributed by atoms with Crippen LogP contribution in [0, 0.1) is 0 Å². The maximum absolute atomic E-state index is 12.9. The average molecular weight is 458 g/mol. The van der Waals surface area contributed by atoms with E-state index < -0.39 is 11.9 Å². The molecule has 174 valence electrons. The molecule has 1 aliphatic heterocycles. The van der Waals surface area contributed by atoms with E-state index in [4.69, 9.17) is 0 Å². The first-order chi connectivity index (χ1) is 16.3. The van der Waals surface area contributed by atoms with E-state index in [9.17, 15) is 19.5 Å². The number of hydrogen-bond donors (Lipinski definition) is 2. The standard InChI is InChI=1S/C27H27N3O4/c1-18(20-8-7-19-5-3-4-6-21(19)16-20)15-25(31)28-24-17-22(9-10-23(24)27(33)34)26(32)30-13-11-29(2)12-14-30/h3-10,15-17H,11-14H2,1-2H3,(H,28,31)(H,33,34)/b18-15-.